The fourth-order valence-corrected chi connectivity index (χ4v) is 5.90. The summed E-state index contributed by atoms with van der Waals surface area (Å²) in [5.74, 6) is 0. The molecule has 6 rings (SSSR count). The number of hydrogen-bond acceptors (Lipinski definition) is 3. The molecule has 3 aromatic rings. The second kappa shape index (κ2) is 5.37. The van der Waals surface area contributed by atoms with Gasteiger partial charge in [-0.05, 0) is 44.6 Å². The lowest BCUT2D eigenvalue weighted by Crippen LogP contribution is -2.54. The number of nitrogens with zero attached hydrogens (tertiary/aromatic N) is 4. The van der Waals surface area contributed by atoms with Crippen LogP contribution in [-0.4, -0.2) is 54.4 Å². The Bertz CT molecular complexity index is 1040. The van der Waals surface area contributed by atoms with Crippen molar-refractivity contribution in [2.75, 3.05) is 38.8 Å². The quantitative estimate of drug-likeness (QED) is 0.613. The molecular weight excluding hydrogens is 332 g/mol. The van der Waals surface area contributed by atoms with Gasteiger partial charge < -0.3 is 9.47 Å². The molecule has 3 aliphatic heterocycles. The summed E-state index contributed by atoms with van der Waals surface area (Å²) in [4.78, 5) is 7.68. The topological polar surface area (TPSA) is 14.7 Å². The first kappa shape index (κ1) is 15.7. The van der Waals surface area contributed by atoms with E-state index in [4.69, 9.17) is 0 Å². The third kappa shape index (κ3) is 1.90. The Morgan fingerprint density at radius 2 is 1.78 bits per heavy atom. The fraction of sp³-hybridized carbons (Fsp3) is 0.391. The largest absolute Gasteiger partial charge is 0.340 e. The molecule has 1 aromatic heterocycles. The van der Waals surface area contributed by atoms with Crippen LogP contribution in [0.25, 0.3) is 10.9 Å². The van der Waals surface area contributed by atoms with Crippen LogP contribution in [0.2, 0.25) is 0 Å². The highest BCUT2D eigenvalue weighted by atomic mass is 15.5. The van der Waals surface area contributed by atoms with Gasteiger partial charge in [-0.2, -0.15) is 0 Å². The van der Waals surface area contributed by atoms with Crippen LogP contribution in [0.5, 0.6) is 0 Å². The van der Waals surface area contributed by atoms with Crippen molar-refractivity contribution in [2.45, 2.75) is 24.5 Å². The smallest absolute Gasteiger partial charge is 0.111 e. The van der Waals surface area contributed by atoms with E-state index in [0.717, 1.165) is 32.6 Å². The Morgan fingerprint density at radius 3 is 2.70 bits per heavy atom. The Hall–Kier alpha value is -2.30. The van der Waals surface area contributed by atoms with E-state index in [0.29, 0.717) is 6.17 Å². The van der Waals surface area contributed by atoms with Gasteiger partial charge in [-0.15, -0.1) is 0 Å². The lowest BCUT2D eigenvalue weighted by Gasteiger charge is -2.40. The molecule has 2 aromatic carbocycles. The van der Waals surface area contributed by atoms with Crippen LogP contribution in [0, 0.1) is 0 Å². The molecule has 0 saturated carbocycles. The van der Waals surface area contributed by atoms with Gasteiger partial charge in [0.25, 0.3) is 0 Å². The number of likely N-dealkylation sites (tertiary alicyclic amines) is 1. The number of hydrogen-bond donors (Lipinski definition) is 0. The minimum Gasteiger partial charge on any atom is -0.340 e. The molecule has 0 aliphatic carbocycles. The normalized spacial score (nSPS) is 27.8. The maximum absolute atomic E-state index is 2.64. The zero-order valence-electron chi connectivity index (χ0n) is 16.1. The average Bonchev–Trinajstić information content (AvgIpc) is 3.31. The SMILES string of the molecule is CN1CCc2cn(c3ccccc23)C23CCN(C)C2N(C1)c1ccccc13. The van der Waals surface area contributed by atoms with E-state index >= 15 is 0 Å². The number of anilines is 1. The predicted molar refractivity (Wildman–Crippen MR) is 110 cm³/mol. The Kier molecular flexibility index (Phi) is 3.13. The lowest BCUT2D eigenvalue weighted by atomic mass is 9.88. The molecule has 2 atom stereocenters. The summed E-state index contributed by atoms with van der Waals surface area (Å²) in [5.41, 5.74) is 5.75. The first-order chi connectivity index (χ1) is 13.2. The number of likely N-dealkylation sites (N-methyl/N-ethyl adjacent to an activating group) is 2. The summed E-state index contributed by atoms with van der Waals surface area (Å²) in [6.07, 6.45) is 5.09. The average molecular weight is 358 g/mol. The van der Waals surface area contributed by atoms with Gasteiger partial charge >= 0.3 is 0 Å². The Morgan fingerprint density at radius 1 is 0.963 bits per heavy atom. The Balaban J connectivity index is 1.74. The van der Waals surface area contributed by atoms with Crippen LogP contribution in [0.15, 0.2) is 54.7 Å². The van der Waals surface area contributed by atoms with E-state index in [-0.39, 0.29) is 5.54 Å². The standard InChI is InChI=1S/C23H26N4/c1-24-13-11-17-15-27(20-9-5-3-7-18(17)20)23-12-14-25(2)22(23)26(16-24)21-10-6-4-8-19(21)23/h3-10,15,22H,11-14,16H2,1-2H3. The molecule has 0 N–H and O–H groups in total. The first-order valence-electron chi connectivity index (χ1n) is 10.0. The van der Waals surface area contributed by atoms with Gasteiger partial charge in [0, 0.05) is 41.4 Å². The molecule has 4 bridgehead atoms. The van der Waals surface area contributed by atoms with Crippen molar-refractivity contribution in [3.8, 4) is 0 Å². The van der Waals surface area contributed by atoms with Crippen molar-refractivity contribution in [1.29, 1.82) is 0 Å². The van der Waals surface area contributed by atoms with Gasteiger partial charge in [-0.3, -0.25) is 9.80 Å². The number of para-hydroxylation sites is 2. The van der Waals surface area contributed by atoms with E-state index in [1.807, 2.05) is 0 Å². The molecular formula is C23H26N4. The van der Waals surface area contributed by atoms with Crippen LogP contribution < -0.4 is 4.90 Å². The van der Waals surface area contributed by atoms with Crippen molar-refractivity contribution in [3.05, 3.63) is 65.9 Å². The van der Waals surface area contributed by atoms with E-state index in [1.165, 1.54) is 27.7 Å². The molecule has 1 fully saturated rings. The summed E-state index contributed by atoms with van der Waals surface area (Å²) in [6.45, 7) is 3.18. The van der Waals surface area contributed by atoms with Crippen molar-refractivity contribution in [2.24, 2.45) is 0 Å². The van der Waals surface area contributed by atoms with E-state index < -0.39 is 0 Å². The minimum absolute atomic E-state index is 0.0125. The fourth-order valence-electron chi connectivity index (χ4n) is 5.90. The molecule has 3 aliphatic rings. The second-order valence-electron chi connectivity index (χ2n) is 8.53. The predicted octanol–water partition coefficient (Wildman–Crippen LogP) is 3.31. The summed E-state index contributed by atoms with van der Waals surface area (Å²) in [6, 6.07) is 18.1. The second-order valence-corrected chi connectivity index (χ2v) is 8.53. The van der Waals surface area contributed by atoms with Crippen molar-refractivity contribution < 1.29 is 0 Å². The van der Waals surface area contributed by atoms with Gasteiger partial charge in [0.15, 0.2) is 0 Å². The minimum atomic E-state index is -0.0125. The zero-order chi connectivity index (χ0) is 18.2. The highest BCUT2D eigenvalue weighted by Gasteiger charge is 2.58. The van der Waals surface area contributed by atoms with Crippen molar-refractivity contribution in [3.63, 3.8) is 0 Å². The maximum Gasteiger partial charge on any atom is 0.111 e. The van der Waals surface area contributed by atoms with Gasteiger partial charge in [-0.25, -0.2) is 0 Å². The molecule has 0 spiro atoms. The van der Waals surface area contributed by atoms with Gasteiger partial charge in [0.1, 0.15) is 11.7 Å². The van der Waals surface area contributed by atoms with Crippen LogP contribution in [0.3, 0.4) is 0 Å². The summed E-state index contributed by atoms with van der Waals surface area (Å²) >= 11 is 0. The molecule has 0 amide bonds. The number of rotatable bonds is 0. The third-order valence-corrected chi connectivity index (χ3v) is 7.05. The van der Waals surface area contributed by atoms with Gasteiger partial charge in [0.05, 0.1) is 6.67 Å². The van der Waals surface area contributed by atoms with Crippen molar-refractivity contribution >= 4 is 16.6 Å². The molecule has 4 heterocycles. The molecule has 27 heavy (non-hydrogen) atoms. The van der Waals surface area contributed by atoms with E-state index in [9.17, 15) is 0 Å². The zero-order valence-corrected chi connectivity index (χ0v) is 16.1. The Labute approximate surface area is 160 Å². The summed E-state index contributed by atoms with van der Waals surface area (Å²) < 4.78 is 2.63. The highest BCUT2D eigenvalue weighted by molar-refractivity contribution is 5.85. The van der Waals surface area contributed by atoms with Crippen LogP contribution in [-0.2, 0) is 12.0 Å². The molecule has 138 valence electrons. The maximum atomic E-state index is 2.64. The monoisotopic (exact) mass is 358 g/mol. The molecule has 4 heteroatoms. The van der Waals surface area contributed by atoms with Crippen LogP contribution >= 0.6 is 0 Å². The lowest BCUT2D eigenvalue weighted by molar-refractivity contribution is 0.202. The van der Waals surface area contributed by atoms with Crippen molar-refractivity contribution in [1.82, 2.24) is 14.4 Å². The molecule has 0 radical (unpaired) electrons. The van der Waals surface area contributed by atoms with E-state index in [1.54, 1.807) is 0 Å². The number of fused-ring (bicyclic) bond motifs is 7. The van der Waals surface area contributed by atoms with Gasteiger partial charge in [-0.1, -0.05) is 36.4 Å². The summed E-state index contributed by atoms with van der Waals surface area (Å²) in [5, 5.41) is 1.42. The summed E-state index contributed by atoms with van der Waals surface area (Å²) in [7, 11) is 4.56. The third-order valence-electron chi connectivity index (χ3n) is 7.05. The van der Waals surface area contributed by atoms with Gasteiger partial charge in [0.2, 0.25) is 0 Å². The first-order valence-corrected chi connectivity index (χ1v) is 10.0. The van der Waals surface area contributed by atoms with E-state index in [2.05, 4.69) is 88.1 Å². The number of aromatic nitrogens is 1. The highest BCUT2D eigenvalue weighted by Crippen LogP contribution is 2.54. The number of benzene rings is 2. The molecule has 1 saturated heterocycles. The molecule has 4 nitrogen and oxygen atoms in total. The van der Waals surface area contributed by atoms with Crippen LogP contribution in [0.4, 0.5) is 5.69 Å². The molecule has 2 unspecified atom stereocenters. The van der Waals surface area contributed by atoms with Crippen LogP contribution in [0.1, 0.15) is 17.5 Å².